The SMILES string of the molecule is CCC(=O)Nc1cc(NC(=O)c2cc(OC)c(OC)c(OC)c2)ccc1C. The van der Waals surface area contributed by atoms with Gasteiger partial charge in [-0.05, 0) is 36.8 Å². The second-order valence-corrected chi connectivity index (χ2v) is 5.80. The molecule has 0 aliphatic rings. The molecule has 27 heavy (non-hydrogen) atoms. The molecule has 7 heteroatoms. The van der Waals surface area contributed by atoms with Gasteiger partial charge in [0.1, 0.15) is 0 Å². The van der Waals surface area contributed by atoms with Gasteiger partial charge in [-0.2, -0.15) is 0 Å². The van der Waals surface area contributed by atoms with Gasteiger partial charge in [-0.1, -0.05) is 13.0 Å². The molecule has 0 aliphatic heterocycles. The zero-order valence-electron chi connectivity index (χ0n) is 16.1. The highest BCUT2D eigenvalue weighted by Crippen LogP contribution is 2.38. The quantitative estimate of drug-likeness (QED) is 0.775. The number of carbonyl (C=O) groups excluding carboxylic acids is 2. The molecule has 7 nitrogen and oxygen atoms in total. The molecule has 0 heterocycles. The van der Waals surface area contributed by atoms with Crippen LogP contribution in [0.5, 0.6) is 17.2 Å². The molecule has 0 aromatic heterocycles. The third kappa shape index (κ3) is 4.69. The summed E-state index contributed by atoms with van der Waals surface area (Å²) in [5.74, 6) is 0.761. The van der Waals surface area contributed by atoms with Crippen LogP contribution in [0.1, 0.15) is 29.3 Å². The van der Waals surface area contributed by atoms with E-state index >= 15 is 0 Å². The van der Waals surface area contributed by atoms with Gasteiger partial charge in [-0.15, -0.1) is 0 Å². The molecule has 0 bridgehead atoms. The number of carbonyl (C=O) groups is 2. The minimum atomic E-state index is -0.342. The number of rotatable bonds is 7. The lowest BCUT2D eigenvalue weighted by atomic mass is 10.1. The average molecular weight is 372 g/mol. The first-order chi connectivity index (χ1) is 12.9. The summed E-state index contributed by atoms with van der Waals surface area (Å²) >= 11 is 0. The molecular formula is C20H24N2O5. The van der Waals surface area contributed by atoms with Gasteiger partial charge in [0.25, 0.3) is 5.91 Å². The Morgan fingerprint density at radius 1 is 0.926 bits per heavy atom. The number of ether oxygens (including phenoxy) is 3. The van der Waals surface area contributed by atoms with Gasteiger partial charge in [0.15, 0.2) is 11.5 Å². The summed E-state index contributed by atoms with van der Waals surface area (Å²) in [4.78, 5) is 24.3. The number of methoxy groups -OCH3 is 3. The summed E-state index contributed by atoms with van der Waals surface area (Å²) in [6.45, 7) is 3.66. The fourth-order valence-corrected chi connectivity index (χ4v) is 2.49. The van der Waals surface area contributed by atoms with Crippen LogP contribution >= 0.6 is 0 Å². The molecule has 2 aromatic carbocycles. The number of anilines is 2. The lowest BCUT2D eigenvalue weighted by Gasteiger charge is -2.15. The van der Waals surface area contributed by atoms with Crippen LogP contribution in [0.15, 0.2) is 30.3 Å². The molecular weight excluding hydrogens is 348 g/mol. The summed E-state index contributed by atoms with van der Waals surface area (Å²) in [5, 5.41) is 5.63. The number of nitrogens with one attached hydrogen (secondary N) is 2. The van der Waals surface area contributed by atoms with Crippen LogP contribution in [0.2, 0.25) is 0 Å². The Morgan fingerprint density at radius 2 is 1.56 bits per heavy atom. The molecule has 0 saturated heterocycles. The Hall–Kier alpha value is -3.22. The van der Waals surface area contributed by atoms with E-state index in [2.05, 4.69) is 10.6 Å². The molecule has 2 amide bonds. The normalized spacial score (nSPS) is 10.1. The van der Waals surface area contributed by atoms with Crippen molar-refractivity contribution in [2.75, 3.05) is 32.0 Å². The first kappa shape index (κ1) is 20.1. The topological polar surface area (TPSA) is 85.9 Å². The number of hydrogen-bond acceptors (Lipinski definition) is 5. The maximum Gasteiger partial charge on any atom is 0.255 e. The minimum Gasteiger partial charge on any atom is -0.493 e. The summed E-state index contributed by atoms with van der Waals surface area (Å²) in [7, 11) is 4.47. The van der Waals surface area contributed by atoms with Crippen molar-refractivity contribution in [2.45, 2.75) is 20.3 Å². The predicted octanol–water partition coefficient (Wildman–Crippen LogP) is 3.62. The van der Waals surface area contributed by atoms with Crippen LogP contribution in [-0.4, -0.2) is 33.1 Å². The summed E-state index contributed by atoms with van der Waals surface area (Å²) in [6, 6.07) is 8.47. The van der Waals surface area contributed by atoms with Crippen LogP contribution in [0, 0.1) is 6.92 Å². The van der Waals surface area contributed by atoms with Crippen LogP contribution in [0.3, 0.4) is 0 Å². The van der Waals surface area contributed by atoms with Crippen LogP contribution in [0.4, 0.5) is 11.4 Å². The molecule has 2 N–H and O–H groups in total. The van der Waals surface area contributed by atoms with E-state index < -0.39 is 0 Å². The largest absolute Gasteiger partial charge is 0.493 e. The highest BCUT2D eigenvalue weighted by atomic mass is 16.5. The molecule has 2 rings (SSSR count). The molecule has 0 radical (unpaired) electrons. The van der Waals surface area contributed by atoms with Crippen molar-refractivity contribution in [2.24, 2.45) is 0 Å². The van der Waals surface area contributed by atoms with E-state index in [0.717, 1.165) is 5.56 Å². The Kier molecular flexibility index (Phi) is 6.65. The molecule has 0 atom stereocenters. The monoisotopic (exact) mass is 372 g/mol. The van der Waals surface area contributed by atoms with Gasteiger partial charge in [-0.25, -0.2) is 0 Å². The second-order valence-electron chi connectivity index (χ2n) is 5.80. The first-order valence-electron chi connectivity index (χ1n) is 8.45. The lowest BCUT2D eigenvalue weighted by molar-refractivity contribution is -0.115. The van der Waals surface area contributed by atoms with Crippen molar-refractivity contribution in [1.29, 1.82) is 0 Å². The lowest BCUT2D eigenvalue weighted by Crippen LogP contribution is -2.14. The Labute approximate surface area is 158 Å². The van der Waals surface area contributed by atoms with Crippen molar-refractivity contribution >= 4 is 23.2 Å². The van der Waals surface area contributed by atoms with E-state index in [-0.39, 0.29) is 11.8 Å². The van der Waals surface area contributed by atoms with Gasteiger partial charge in [0, 0.05) is 23.4 Å². The standard InChI is InChI=1S/C20H24N2O5/c1-6-18(23)22-15-11-14(8-7-12(15)2)21-20(24)13-9-16(25-3)19(27-5)17(10-13)26-4/h7-11H,6H2,1-5H3,(H,21,24)(H,22,23). The number of hydrogen-bond donors (Lipinski definition) is 2. The summed E-state index contributed by atoms with van der Waals surface area (Å²) in [5.41, 5.74) is 2.47. The number of amides is 2. The van der Waals surface area contributed by atoms with Gasteiger partial charge >= 0.3 is 0 Å². The maximum absolute atomic E-state index is 12.7. The smallest absolute Gasteiger partial charge is 0.255 e. The first-order valence-corrected chi connectivity index (χ1v) is 8.45. The van der Waals surface area contributed by atoms with E-state index in [9.17, 15) is 9.59 Å². The average Bonchev–Trinajstić information content (AvgIpc) is 2.68. The molecule has 0 saturated carbocycles. The van der Waals surface area contributed by atoms with Crippen LogP contribution in [-0.2, 0) is 4.79 Å². The Morgan fingerprint density at radius 3 is 2.07 bits per heavy atom. The van der Waals surface area contributed by atoms with Gasteiger partial charge in [0.05, 0.1) is 21.3 Å². The summed E-state index contributed by atoms with van der Waals surface area (Å²) < 4.78 is 15.8. The van der Waals surface area contributed by atoms with Crippen LogP contribution < -0.4 is 24.8 Å². The van der Waals surface area contributed by atoms with E-state index in [0.29, 0.717) is 40.6 Å². The zero-order valence-corrected chi connectivity index (χ0v) is 16.1. The van der Waals surface area contributed by atoms with E-state index in [1.165, 1.54) is 21.3 Å². The highest BCUT2D eigenvalue weighted by molar-refractivity contribution is 6.05. The summed E-state index contributed by atoms with van der Waals surface area (Å²) in [6.07, 6.45) is 0.376. The molecule has 0 unspecified atom stereocenters. The molecule has 0 spiro atoms. The van der Waals surface area contributed by atoms with Crippen molar-refractivity contribution in [1.82, 2.24) is 0 Å². The minimum absolute atomic E-state index is 0.0915. The molecule has 2 aromatic rings. The molecule has 144 valence electrons. The van der Waals surface area contributed by atoms with E-state index in [1.54, 1.807) is 31.2 Å². The number of benzene rings is 2. The third-order valence-electron chi connectivity index (χ3n) is 4.02. The Bertz CT molecular complexity index is 823. The highest BCUT2D eigenvalue weighted by Gasteiger charge is 2.17. The fourth-order valence-electron chi connectivity index (χ4n) is 2.49. The van der Waals surface area contributed by atoms with Crippen molar-refractivity contribution < 1.29 is 23.8 Å². The zero-order chi connectivity index (χ0) is 20.0. The maximum atomic E-state index is 12.7. The van der Waals surface area contributed by atoms with Gasteiger partial charge in [-0.3, -0.25) is 9.59 Å². The van der Waals surface area contributed by atoms with Crippen LogP contribution in [0.25, 0.3) is 0 Å². The van der Waals surface area contributed by atoms with E-state index in [1.807, 2.05) is 13.0 Å². The van der Waals surface area contributed by atoms with E-state index in [4.69, 9.17) is 14.2 Å². The fraction of sp³-hybridized carbons (Fsp3) is 0.300. The third-order valence-corrected chi connectivity index (χ3v) is 4.02. The molecule has 0 aliphatic carbocycles. The van der Waals surface area contributed by atoms with Crippen molar-refractivity contribution in [3.63, 3.8) is 0 Å². The van der Waals surface area contributed by atoms with Crippen molar-refractivity contribution in [3.8, 4) is 17.2 Å². The van der Waals surface area contributed by atoms with Crippen molar-refractivity contribution in [3.05, 3.63) is 41.5 Å². The predicted molar refractivity (Wildman–Crippen MR) is 104 cm³/mol. The molecule has 0 fully saturated rings. The van der Waals surface area contributed by atoms with Gasteiger partial charge < -0.3 is 24.8 Å². The van der Waals surface area contributed by atoms with Gasteiger partial charge in [0.2, 0.25) is 11.7 Å². The second kappa shape index (κ2) is 8.93. The Balaban J connectivity index is 2.29. The number of aryl methyl sites for hydroxylation is 1.